The van der Waals surface area contributed by atoms with E-state index < -0.39 is 5.97 Å². The predicted molar refractivity (Wildman–Crippen MR) is 133 cm³/mol. The van der Waals surface area contributed by atoms with Crippen LogP contribution >= 0.6 is 22.7 Å². The number of ether oxygens (including phenoxy) is 2. The molecule has 3 heterocycles. The fourth-order valence-corrected chi connectivity index (χ4v) is 5.23. The van der Waals surface area contributed by atoms with Gasteiger partial charge >= 0.3 is 5.97 Å². The summed E-state index contributed by atoms with van der Waals surface area (Å²) in [5.74, 6) is -0.456. The maximum atomic E-state index is 12.9. The van der Waals surface area contributed by atoms with Gasteiger partial charge in [-0.25, -0.2) is 4.98 Å². The van der Waals surface area contributed by atoms with Gasteiger partial charge in [-0.15, -0.1) is 22.7 Å². The third kappa shape index (κ3) is 6.86. The molecule has 2 aromatic heterocycles. The second-order valence-corrected chi connectivity index (χ2v) is 9.62. The number of aromatic nitrogens is 1. The molecule has 4 rings (SSSR count). The topological polar surface area (TPSA) is 101 Å². The van der Waals surface area contributed by atoms with E-state index in [1.165, 1.54) is 22.7 Å². The molecule has 0 radical (unpaired) electrons. The quantitative estimate of drug-likeness (QED) is 0.405. The minimum absolute atomic E-state index is 0.0605. The summed E-state index contributed by atoms with van der Waals surface area (Å²) < 4.78 is 10.9. The molecule has 1 aromatic carbocycles. The van der Waals surface area contributed by atoms with Gasteiger partial charge in [-0.1, -0.05) is 12.1 Å². The zero-order valence-electron chi connectivity index (χ0n) is 18.7. The zero-order chi connectivity index (χ0) is 23.8. The number of rotatable bonds is 11. The lowest BCUT2D eigenvalue weighted by Crippen LogP contribution is -2.36. The van der Waals surface area contributed by atoms with Gasteiger partial charge in [0.25, 0.3) is 5.91 Å². The van der Waals surface area contributed by atoms with Crippen LogP contribution in [-0.2, 0) is 16.0 Å². The van der Waals surface area contributed by atoms with Crippen molar-refractivity contribution in [2.45, 2.75) is 19.3 Å². The lowest BCUT2D eigenvalue weighted by molar-refractivity contribution is -0.137. The van der Waals surface area contributed by atoms with Crippen LogP contribution in [0.15, 0.2) is 41.1 Å². The van der Waals surface area contributed by atoms with Crippen molar-refractivity contribution >= 4 is 39.7 Å². The van der Waals surface area contributed by atoms with E-state index in [0.29, 0.717) is 10.9 Å². The third-order valence-electron chi connectivity index (χ3n) is 5.42. The highest BCUT2D eigenvalue weighted by atomic mass is 32.1. The summed E-state index contributed by atoms with van der Waals surface area (Å²) in [5, 5.41) is 16.1. The lowest BCUT2D eigenvalue weighted by Gasteiger charge is -2.26. The smallest absolute Gasteiger partial charge is 0.306 e. The number of carboxylic acid groups (broad SMARTS) is 1. The van der Waals surface area contributed by atoms with Crippen LogP contribution in [0.3, 0.4) is 0 Å². The Balaban J connectivity index is 1.32. The number of hydrogen-bond donors (Lipinski definition) is 2. The SMILES string of the molecule is O=C(O)CCOc1cccc(-c2csc(NC(=O)c3sccc3CCCN3CCOCC3)n2)c1. The number of carboxylic acids is 1. The van der Waals surface area contributed by atoms with Crippen LogP contribution in [-0.4, -0.2) is 66.3 Å². The van der Waals surface area contributed by atoms with Gasteiger partial charge in [-0.3, -0.25) is 19.8 Å². The molecule has 8 nitrogen and oxygen atoms in total. The van der Waals surface area contributed by atoms with Crippen LogP contribution in [0, 0.1) is 0 Å². The Hall–Kier alpha value is -2.79. The van der Waals surface area contributed by atoms with E-state index in [1.807, 2.05) is 35.0 Å². The van der Waals surface area contributed by atoms with Crippen LogP contribution in [0.1, 0.15) is 28.1 Å². The van der Waals surface area contributed by atoms with Gasteiger partial charge in [0.2, 0.25) is 0 Å². The van der Waals surface area contributed by atoms with Gasteiger partial charge in [0.15, 0.2) is 5.13 Å². The molecule has 1 amide bonds. The first-order chi connectivity index (χ1) is 16.6. The average molecular weight is 502 g/mol. The summed E-state index contributed by atoms with van der Waals surface area (Å²) in [6, 6.07) is 9.35. The van der Waals surface area contributed by atoms with Gasteiger partial charge in [-0.05, 0) is 48.5 Å². The molecule has 10 heteroatoms. The van der Waals surface area contributed by atoms with E-state index in [1.54, 1.807) is 6.07 Å². The number of aryl methyl sites for hydroxylation is 1. The number of thiophene rings is 1. The van der Waals surface area contributed by atoms with E-state index >= 15 is 0 Å². The highest BCUT2D eigenvalue weighted by molar-refractivity contribution is 7.14. The van der Waals surface area contributed by atoms with Crippen molar-refractivity contribution in [3.63, 3.8) is 0 Å². The second kappa shape index (κ2) is 12.1. The maximum absolute atomic E-state index is 12.9. The molecule has 34 heavy (non-hydrogen) atoms. The standard InChI is InChI=1S/C24H27N3O5S2/c28-21(29)6-11-32-19-5-1-3-18(15-19)20-16-34-24(25-20)26-23(30)22-17(7-14-33-22)4-2-8-27-9-12-31-13-10-27/h1,3,5,7,14-16H,2,4,6,8-13H2,(H,28,29)(H,25,26,30). The molecule has 0 saturated carbocycles. The van der Waals surface area contributed by atoms with Crippen molar-refractivity contribution in [3.8, 4) is 17.0 Å². The molecule has 1 fully saturated rings. The van der Waals surface area contributed by atoms with Crippen LogP contribution in [0.4, 0.5) is 5.13 Å². The molecule has 1 saturated heterocycles. The number of nitrogens with one attached hydrogen (secondary N) is 1. The van der Waals surface area contributed by atoms with Gasteiger partial charge in [-0.2, -0.15) is 0 Å². The van der Waals surface area contributed by atoms with Crippen LogP contribution in [0.5, 0.6) is 5.75 Å². The highest BCUT2D eigenvalue weighted by Crippen LogP contribution is 2.28. The predicted octanol–water partition coefficient (Wildman–Crippen LogP) is 4.24. The molecule has 2 N–H and O–H groups in total. The number of nitrogens with zero attached hydrogens (tertiary/aromatic N) is 2. The first kappa shape index (κ1) is 24.3. The normalized spacial score (nSPS) is 14.1. The maximum Gasteiger partial charge on any atom is 0.306 e. The summed E-state index contributed by atoms with van der Waals surface area (Å²) in [6.07, 6.45) is 1.81. The number of hydrogen-bond acceptors (Lipinski definition) is 8. The number of aliphatic carboxylic acids is 1. The van der Waals surface area contributed by atoms with Gasteiger partial charge in [0, 0.05) is 24.0 Å². The summed E-state index contributed by atoms with van der Waals surface area (Å²) in [6.45, 7) is 4.65. The van der Waals surface area contributed by atoms with E-state index in [-0.39, 0.29) is 18.9 Å². The molecule has 0 spiro atoms. The zero-order valence-corrected chi connectivity index (χ0v) is 20.3. The Labute approximate surface area is 206 Å². The van der Waals surface area contributed by atoms with Gasteiger partial charge < -0.3 is 14.6 Å². The van der Waals surface area contributed by atoms with Crippen molar-refractivity contribution in [1.29, 1.82) is 0 Å². The van der Waals surface area contributed by atoms with E-state index in [4.69, 9.17) is 14.6 Å². The highest BCUT2D eigenvalue weighted by Gasteiger charge is 2.16. The number of anilines is 1. The van der Waals surface area contributed by atoms with Crippen LogP contribution < -0.4 is 10.1 Å². The monoisotopic (exact) mass is 501 g/mol. The van der Waals surface area contributed by atoms with Crippen LogP contribution in [0.2, 0.25) is 0 Å². The Morgan fingerprint density at radius 3 is 2.88 bits per heavy atom. The number of carbonyl (C=O) groups excluding carboxylic acids is 1. The van der Waals surface area contributed by atoms with Gasteiger partial charge in [0.1, 0.15) is 5.75 Å². The fourth-order valence-electron chi connectivity index (χ4n) is 3.67. The average Bonchev–Trinajstić information content (AvgIpc) is 3.50. The molecule has 180 valence electrons. The molecule has 1 aliphatic heterocycles. The summed E-state index contributed by atoms with van der Waals surface area (Å²) in [5.41, 5.74) is 2.63. The van der Waals surface area contributed by atoms with E-state index in [2.05, 4.69) is 15.2 Å². The Morgan fingerprint density at radius 2 is 2.06 bits per heavy atom. The van der Waals surface area contributed by atoms with Crippen molar-refractivity contribution in [2.24, 2.45) is 0 Å². The third-order valence-corrected chi connectivity index (χ3v) is 7.13. The first-order valence-corrected chi connectivity index (χ1v) is 12.9. The van der Waals surface area contributed by atoms with E-state index in [0.717, 1.165) is 67.4 Å². The molecule has 3 aromatic rings. The summed E-state index contributed by atoms with van der Waals surface area (Å²) in [4.78, 5) is 31.3. The van der Waals surface area contributed by atoms with Crippen molar-refractivity contribution in [1.82, 2.24) is 9.88 Å². The number of carbonyl (C=O) groups is 2. The summed E-state index contributed by atoms with van der Waals surface area (Å²) >= 11 is 2.82. The molecule has 0 aliphatic carbocycles. The fraction of sp³-hybridized carbons (Fsp3) is 0.375. The molecule has 0 atom stereocenters. The number of morpholine rings is 1. The minimum Gasteiger partial charge on any atom is -0.493 e. The van der Waals surface area contributed by atoms with Gasteiger partial charge in [0.05, 0.1) is 36.8 Å². The molecular formula is C24H27N3O5S2. The largest absolute Gasteiger partial charge is 0.493 e. The van der Waals surface area contributed by atoms with E-state index in [9.17, 15) is 9.59 Å². The summed E-state index contributed by atoms with van der Waals surface area (Å²) in [7, 11) is 0. The first-order valence-electron chi connectivity index (χ1n) is 11.2. The number of amides is 1. The molecular weight excluding hydrogens is 474 g/mol. The van der Waals surface area contributed by atoms with Crippen LogP contribution in [0.25, 0.3) is 11.3 Å². The Bertz CT molecular complexity index is 1110. The van der Waals surface area contributed by atoms with Crippen molar-refractivity contribution in [3.05, 3.63) is 51.5 Å². The molecule has 1 aliphatic rings. The minimum atomic E-state index is -0.901. The molecule has 0 bridgehead atoms. The van der Waals surface area contributed by atoms with Crippen molar-refractivity contribution < 1.29 is 24.2 Å². The molecule has 0 unspecified atom stereocenters. The number of thiazole rings is 1. The Kier molecular flexibility index (Phi) is 8.64. The van der Waals surface area contributed by atoms with Crippen molar-refractivity contribution in [2.75, 3.05) is 44.8 Å². The lowest BCUT2D eigenvalue weighted by atomic mass is 10.1. The number of benzene rings is 1. The second-order valence-electron chi connectivity index (χ2n) is 7.84. The Morgan fingerprint density at radius 1 is 1.21 bits per heavy atom.